The number of hydrogen-bond donors (Lipinski definition) is 0. The molecule has 0 amide bonds. The molecule has 92 valence electrons. The Morgan fingerprint density at radius 3 is 2.06 bits per heavy atom. The number of nitrogens with zero attached hydrogens (tertiary/aromatic N) is 2. The van der Waals surface area contributed by atoms with Gasteiger partial charge in [0.2, 0.25) is 10.0 Å². The van der Waals surface area contributed by atoms with E-state index >= 15 is 0 Å². The Kier molecular flexibility index (Phi) is 3.84. The Morgan fingerprint density at radius 1 is 1.19 bits per heavy atom. The third-order valence-corrected chi connectivity index (χ3v) is 5.72. The largest absolute Gasteiger partial charge is 0.346 e. The van der Waals surface area contributed by atoms with E-state index in [-0.39, 0.29) is 0 Å². The van der Waals surface area contributed by atoms with Gasteiger partial charge in [0.05, 0.1) is 6.26 Å². The molecule has 9 heteroatoms. The van der Waals surface area contributed by atoms with E-state index in [0.717, 1.165) is 25.2 Å². The minimum atomic E-state index is -4.47. The van der Waals surface area contributed by atoms with Crippen molar-refractivity contribution in [1.82, 2.24) is 3.71 Å². The molecule has 0 bridgehead atoms. The number of isocyanates is 1. The summed E-state index contributed by atoms with van der Waals surface area (Å²) in [7, 11) is -8.42. The lowest BCUT2D eigenvalue weighted by Crippen LogP contribution is -2.41. The lowest BCUT2D eigenvalue weighted by Gasteiger charge is -2.22. The molecule has 0 heterocycles. The van der Waals surface area contributed by atoms with Crippen molar-refractivity contribution in [3.63, 3.8) is 0 Å². The van der Waals surface area contributed by atoms with E-state index in [2.05, 4.69) is 4.40 Å². The molecule has 7 nitrogen and oxygen atoms in total. The van der Waals surface area contributed by atoms with Gasteiger partial charge in [0, 0.05) is 6.04 Å². The molecule has 0 aromatic carbocycles. The maximum Gasteiger partial charge on any atom is 0.346 e. The zero-order valence-electron chi connectivity index (χ0n) is 8.66. The number of carbonyl (C=O) groups excluding carboxylic acids is 1. The van der Waals surface area contributed by atoms with Crippen LogP contribution in [-0.2, 0) is 25.0 Å². The van der Waals surface area contributed by atoms with Gasteiger partial charge in [-0.15, -0.1) is 0 Å². The van der Waals surface area contributed by atoms with Crippen LogP contribution in [0.3, 0.4) is 0 Å². The monoisotopic (exact) mass is 268 g/mol. The zero-order chi connectivity index (χ0) is 12.4. The van der Waals surface area contributed by atoms with Crippen molar-refractivity contribution in [2.24, 2.45) is 4.40 Å². The highest BCUT2D eigenvalue weighted by Crippen LogP contribution is 2.28. The van der Waals surface area contributed by atoms with Crippen LogP contribution < -0.4 is 0 Å². The van der Waals surface area contributed by atoms with Crippen LogP contribution in [0.1, 0.15) is 25.7 Å². The molecule has 1 aliphatic rings. The minimum Gasteiger partial charge on any atom is -0.211 e. The Balaban J connectivity index is 3.21. The maximum absolute atomic E-state index is 11.5. The van der Waals surface area contributed by atoms with E-state index in [1.807, 2.05) is 0 Å². The maximum atomic E-state index is 11.5. The molecule has 0 radical (unpaired) electrons. The quantitative estimate of drug-likeness (QED) is 0.518. The van der Waals surface area contributed by atoms with E-state index < -0.39 is 26.3 Å². The first-order chi connectivity index (χ1) is 7.29. The molecule has 1 fully saturated rings. The highest BCUT2D eigenvalue weighted by Gasteiger charge is 2.39. The SMILES string of the molecule is CS(=O)(=O)N(C1CCCC1)S(=O)(=O)N=C=O. The van der Waals surface area contributed by atoms with Crippen molar-refractivity contribution in [2.45, 2.75) is 31.7 Å². The normalized spacial score (nSPS) is 18.6. The second-order valence-electron chi connectivity index (χ2n) is 3.59. The first kappa shape index (κ1) is 13.3. The Bertz CT molecular complexity index is 497. The van der Waals surface area contributed by atoms with Gasteiger partial charge in [-0.3, -0.25) is 0 Å². The second kappa shape index (κ2) is 4.62. The van der Waals surface area contributed by atoms with Crippen molar-refractivity contribution < 1.29 is 21.6 Å². The fraction of sp³-hybridized carbons (Fsp3) is 0.857. The number of rotatable bonds is 4. The van der Waals surface area contributed by atoms with Crippen molar-refractivity contribution in [1.29, 1.82) is 0 Å². The fourth-order valence-corrected chi connectivity index (χ4v) is 4.82. The van der Waals surface area contributed by atoms with Gasteiger partial charge in [-0.1, -0.05) is 20.9 Å². The Labute approximate surface area is 94.4 Å². The van der Waals surface area contributed by atoms with Gasteiger partial charge in [0.1, 0.15) is 0 Å². The van der Waals surface area contributed by atoms with Gasteiger partial charge in [-0.25, -0.2) is 13.2 Å². The molecular weight excluding hydrogens is 256 g/mol. The minimum absolute atomic E-state index is 0.317. The van der Waals surface area contributed by atoms with Gasteiger partial charge >= 0.3 is 10.2 Å². The molecule has 0 atom stereocenters. The van der Waals surface area contributed by atoms with E-state index in [9.17, 15) is 21.6 Å². The zero-order valence-corrected chi connectivity index (χ0v) is 10.3. The molecule has 1 saturated carbocycles. The first-order valence-electron chi connectivity index (χ1n) is 4.63. The molecule has 0 N–H and O–H groups in total. The highest BCUT2D eigenvalue weighted by molar-refractivity contribution is 8.03. The summed E-state index contributed by atoms with van der Waals surface area (Å²) in [5.74, 6) is 0. The van der Waals surface area contributed by atoms with E-state index in [4.69, 9.17) is 0 Å². The van der Waals surface area contributed by atoms with Gasteiger partial charge in [0.25, 0.3) is 6.08 Å². The molecule has 0 unspecified atom stereocenters. The summed E-state index contributed by atoms with van der Waals surface area (Å²) in [6, 6.07) is -0.628. The summed E-state index contributed by atoms with van der Waals surface area (Å²) < 4.78 is 48.7. The lowest BCUT2D eigenvalue weighted by molar-refractivity contribution is 0.428. The van der Waals surface area contributed by atoms with Crippen LogP contribution in [0, 0.1) is 0 Å². The Hall–Kier alpha value is -0.760. The second-order valence-corrected chi connectivity index (χ2v) is 7.15. The van der Waals surface area contributed by atoms with Gasteiger partial charge < -0.3 is 0 Å². The summed E-state index contributed by atoms with van der Waals surface area (Å²) in [5, 5.41) is 0. The van der Waals surface area contributed by atoms with Gasteiger partial charge in [0.15, 0.2) is 0 Å². The molecule has 0 aromatic rings. The van der Waals surface area contributed by atoms with Crippen molar-refractivity contribution in [3.05, 3.63) is 0 Å². The third-order valence-electron chi connectivity index (χ3n) is 2.33. The van der Waals surface area contributed by atoms with Crippen molar-refractivity contribution in [3.8, 4) is 0 Å². The van der Waals surface area contributed by atoms with Crippen molar-refractivity contribution in [2.75, 3.05) is 6.26 Å². The third kappa shape index (κ3) is 2.88. The topological polar surface area (TPSA) is 101 Å². The van der Waals surface area contributed by atoms with Crippen LogP contribution in [0.2, 0.25) is 0 Å². The van der Waals surface area contributed by atoms with E-state index in [1.54, 1.807) is 0 Å². The van der Waals surface area contributed by atoms with Crippen LogP contribution in [0.25, 0.3) is 0 Å². The molecule has 0 spiro atoms. The van der Waals surface area contributed by atoms with Crippen LogP contribution in [-0.4, -0.2) is 38.9 Å². The predicted molar refractivity (Wildman–Crippen MR) is 56.0 cm³/mol. The van der Waals surface area contributed by atoms with Crippen LogP contribution in [0.5, 0.6) is 0 Å². The summed E-state index contributed by atoms with van der Waals surface area (Å²) >= 11 is 0. The van der Waals surface area contributed by atoms with Crippen LogP contribution in [0.4, 0.5) is 0 Å². The van der Waals surface area contributed by atoms with Crippen LogP contribution >= 0.6 is 0 Å². The molecule has 0 aromatic heterocycles. The smallest absolute Gasteiger partial charge is 0.211 e. The summed E-state index contributed by atoms with van der Waals surface area (Å²) in [5.41, 5.74) is 0. The highest BCUT2D eigenvalue weighted by atomic mass is 32.3. The lowest BCUT2D eigenvalue weighted by atomic mass is 10.3. The number of sulfonamides is 1. The number of hydrogen-bond acceptors (Lipinski definition) is 5. The summed E-state index contributed by atoms with van der Waals surface area (Å²) in [4.78, 5) is 9.97. The molecule has 1 aliphatic carbocycles. The average molecular weight is 268 g/mol. The standard InChI is InChI=1S/C7H12N2O5S2/c1-15(11,12)9(7-4-2-3-5-7)16(13,14)8-6-10/h7H,2-5H2,1H3. The predicted octanol–water partition coefficient (Wildman–Crippen LogP) is -0.229. The van der Waals surface area contributed by atoms with Crippen LogP contribution in [0.15, 0.2) is 4.40 Å². The van der Waals surface area contributed by atoms with E-state index in [1.165, 1.54) is 0 Å². The molecule has 16 heavy (non-hydrogen) atoms. The summed E-state index contributed by atoms with van der Waals surface area (Å²) in [6.07, 6.45) is 4.09. The van der Waals surface area contributed by atoms with E-state index in [0.29, 0.717) is 16.6 Å². The molecule has 0 saturated heterocycles. The van der Waals surface area contributed by atoms with Crippen molar-refractivity contribution >= 4 is 26.3 Å². The molecule has 1 rings (SSSR count). The van der Waals surface area contributed by atoms with Gasteiger partial charge in [-0.2, -0.15) is 8.42 Å². The fourth-order valence-electron chi connectivity index (χ4n) is 1.83. The van der Waals surface area contributed by atoms with Gasteiger partial charge in [-0.05, 0) is 12.8 Å². The molecule has 0 aliphatic heterocycles. The Morgan fingerprint density at radius 2 is 1.69 bits per heavy atom. The summed E-state index contributed by atoms with van der Waals surface area (Å²) in [6.45, 7) is 0. The average Bonchev–Trinajstić information content (AvgIpc) is 2.53. The first-order valence-corrected chi connectivity index (χ1v) is 7.87. The molecular formula is C7H12N2O5S2.